The maximum absolute atomic E-state index is 13.0. The molecule has 0 N–H and O–H groups in total. The Morgan fingerprint density at radius 3 is 2.07 bits per heavy atom. The van der Waals surface area contributed by atoms with Gasteiger partial charge in [0.2, 0.25) is 0 Å². The molecule has 0 bridgehead atoms. The number of methoxy groups -OCH3 is 1. The molecule has 5 heteroatoms. The summed E-state index contributed by atoms with van der Waals surface area (Å²) >= 11 is 0. The van der Waals surface area contributed by atoms with Crippen LogP contribution in [0.3, 0.4) is 0 Å². The molecule has 1 radical (unpaired) electrons. The largest absolute Gasteiger partial charge is 0.491 e. The molecule has 28 heavy (non-hydrogen) atoms. The van der Waals surface area contributed by atoms with Crippen LogP contribution in [0, 0.1) is 20.8 Å². The molecule has 0 heterocycles. The predicted octanol–water partition coefficient (Wildman–Crippen LogP) is 4.70. The van der Waals surface area contributed by atoms with E-state index in [1.54, 1.807) is 7.11 Å². The Balaban J connectivity index is 0.00000392. The number of benzene rings is 2. The first-order chi connectivity index (χ1) is 12.6. The summed E-state index contributed by atoms with van der Waals surface area (Å²) in [4.78, 5) is 13.0. The maximum Gasteiger partial charge on any atom is 0.186 e. The summed E-state index contributed by atoms with van der Waals surface area (Å²) in [5.74, 6) is 0.812. The second-order valence-electron chi connectivity index (χ2n) is 8.01. The molecule has 0 amide bonds. The fraction of sp³-hybridized carbons (Fsp3) is 0.435. The first kappa shape index (κ1) is 24.9. The van der Waals surface area contributed by atoms with E-state index in [2.05, 4.69) is 32.9 Å². The predicted molar refractivity (Wildman–Crippen MR) is 121 cm³/mol. The van der Waals surface area contributed by atoms with Gasteiger partial charge in [-0.3, -0.25) is 4.79 Å². The van der Waals surface area contributed by atoms with E-state index < -0.39 is 0 Å². The average molecular weight is 393 g/mol. The second-order valence-corrected chi connectivity index (χ2v) is 9.25. The Kier molecular flexibility index (Phi) is 9.45. The van der Waals surface area contributed by atoms with Crippen molar-refractivity contribution in [3.05, 3.63) is 58.1 Å². The normalized spacial score (nSPS) is 11.5. The smallest absolute Gasteiger partial charge is 0.186 e. The molecule has 0 saturated heterocycles. The summed E-state index contributed by atoms with van der Waals surface area (Å²) in [6.45, 7) is 13.8. The van der Waals surface area contributed by atoms with Crippen molar-refractivity contribution in [3.63, 3.8) is 0 Å². The van der Waals surface area contributed by atoms with Crippen molar-refractivity contribution in [2.24, 2.45) is 0 Å². The van der Waals surface area contributed by atoms with Crippen molar-refractivity contribution in [1.82, 2.24) is 0 Å². The van der Waals surface area contributed by atoms with Gasteiger partial charge in [-0.25, -0.2) is 0 Å². The number of ether oxygens (including phenoxy) is 2. The van der Waals surface area contributed by atoms with Crippen molar-refractivity contribution in [2.45, 2.75) is 47.0 Å². The molecule has 0 aliphatic carbocycles. The summed E-state index contributed by atoms with van der Waals surface area (Å²) in [7, 11) is 1.77. The van der Waals surface area contributed by atoms with E-state index in [4.69, 9.17) is 9.47 Å². The number of hydrogen-bond donors (Lipinski definition) is 0. The first-order valence-corrected chi connectivity index (χ1v) is 10.3. The molecule has 3 nitrogen and oxygen atoms in total. The first-order valence-electron chi connectivity index (χ1n) is 9.29. The van der Waals surface area contributed by atoms with Crippen LogP contribution in [-0.4, -0.2) is 44.7 Å². The topological polar surface area (TPSA) is 35.5 Å². The average Bonchev–Trinajstić information content (AvgIpc) is 2.56. The van der Waals surface area contributed by atoms with E-state index in [0.29, 0.717) is 13.2 Å². The van der Waals surface area contributed by atoms with Crippen LogP contribution >= 0.6 is 8.58 Å². The van der Waals surface area contributed by atoms with Crippen LogP contribution in [0.4, 0.5) is 0 Å². The van der Waals surface area contributed by atoms with Gasteiger partial charge in [-0.1, -0.05) is 39.0 Å². The van der Waals surface area contributed by atoms with Gasteiger partial charge in [0, 0.05) is 31.5 Å². The minimum atomic E-state index is 0. The summed E-state index contributed by atoms with van der Waals surface area (Å²) in [6, 6.07) is 10.2. The molecule has 0 aromatic heterocycles. The third kappa shape index (κ3) is 6.46. The standard InChI is InChI=1S/C23H31O3P.Li/c1-15-14-19(26-11-10-25-7)8-9-20(15)27-22(24)21-16(2)12-18(13-17(21)3)23(4,5)6;/h8-9,12-14,27H,10-11H2,1-7H3;. The summed E-state index contributed by atoms with van der Waals surface area (Å²) in [5, 5.41) is 1.07. The monoisotopic (exact) mass is 393 g/mol. The zero-order valence-electron chi connectivity index (χ0n) is 18.5. The molecule has 0 aliphatic heterocycles. The van der Waals surface area contributed by atoms with Gasteiger partial charge in [-0.2, -0.15) is 0 Å². The molecule has 2 rings (SSSR count). The molecule has 0 spiro atoms. The Labute approximate surface area is 183 Å². The number of carbonyl (C=O) groups is 1. The van der Waals surface area contributed by atoms with Gasteiger partial charge < -0.3 is 9.47 Å². The van der Waals surface area contributed by atoms with Crippen LogP contribution in [-0.2, 0) is 10.2 Å². The van der Waals surface area contributed by atoms with Crippen LogP contribution in [0.25, 0.3) is 0 Å². The summed E-state index contributed by atoms with van der Waals surface area (Å²) in [6.07, 6.45) is 0. The van der Waals surface area contributed by atoms with Crippen molar-refractivity contribution in [1.29, 1.82) is 0 Å². The van der Waals surface area contributed by atoms with Crippen molar-refractivity contribution >= 4 is 38.3 Å². The van der Waals surface area contributed by atoms with Crippen LogP contribution in [0.2, 0.25) is 0 Å². The minimum Gasteiger partial charge on any atom is -0.491 e. The SMILES string of the molecule is COCCOc1ccc(PC(=O)c2c(C)cc(C(C)(C)C)cc2C)c(C)c1.[Li]. The molecular weight excluding hydrogens is 362 g/mol. The molecule has 0 fully saturated rings. The van der Waals surface area contributed by atoms with Gasteiger partial charge in [0.25, 0.3) is 0 Å². The van der Waals surface area contributed by atoms with Gasteiger partial charge in [0.05, 0.1) is 6.61 Å². The Bertz CT molecular complexity index is 802. The van der Waals surface area contributed by atoms with Gasteiger partial charge in [-0.15, -0.1) is 0 Å². The zero-order chi connectivity index (χ0) is 20.2. The van der Waals surface area contributed by atoms with E-state index in [9.17, 15) is 4.79 Å². The molecule has 0 saturated carbocycles. The van der Waals surface area contributed by atoms with Crippen LogP contribution < -0.4 is 10.0 Å². The molecule has 2 aromatic carbocycles. The molecule has 2 aromatic rings. The zero-order valence-corrected chi connectivity index (χ0v) is 19.5. The van der Waals surface area contributed by atoms with Crippen molar-refractivity contribution < 1.29 is 14.3 Å². The number of carbonyl (C=O) groups excluding carboxylic acids is 1. The summed E-state index contributed by atoms with van der Waals surface area (Å²) in [5.41, 5.74) is 5.62. The fourth-order valence-electron chi connectivity index (χ4n) is 3.05. The molecule has 0 aliphatic rings. The molecule has 1 unspecified atom stereocenters. The molecule has 1 atom stereocenters. The number of rotatable bonds is 7. The summed E-state index contributed by atoms with van der Waals surface area (Å²) < 4.78 is 10.7. The van der Waals surface area contributed by atoms with Crippen LogP contribution in [0.15, 0.2) is 30.3 Å². The number of hydrogen-bond acceptors (Lipinski definition) is 3. The quantitative estimate of drug-likeness (QED) is 0.389. The minimum absolute atomic E-state index is 0. The molecule has 147 valence electrons. The Morgan fingerprint density at radius 2 is 1.57 bits per heavy atom. The van der Waals surface area contributed by atoms with Gasteiger partial charge >= 0.3 is 0 Å². The van der Waals surface area contributed by atoms with E-state index >= 15 is 0 Å². The Morgan fingerprint density at radius 1 is 0.964 bits per heavy atom. The molecular formula is C23H31LiO3P. The van der Waals surface area contributed by atoms with Gasteiger partial charge in [0.15, 0.2) is 5.52 Å². The van der Waals surface area contributed by atoms with E-state index in [-0.39, 0.29) is 38.4 Å². The fourth-order valence-corrected chi connectivity index (χ4v) is 4.25. The van der Waals surface area contributed by atoms with Crippen LogP contribution in [0.5, 0.6) is 5.75 Å². The van der Waals surface area contributed by atoms with Gasteiger partial charge in [0.1, 0.15) is 12.4 Å². The number of aryl methyl sites for hydroxylation is 3. The van der Waals surface area contributed by atoms with Gasteiger partial charge in [-0.05, 0) is 74.5 Å². The third-order valence-electron chi connectivity index (χ3n) is 4.63. The third-order valence-corrected chi connectivity index (χ3v) is 5.94. The van der Waals surface area contributed by atoms with Crippen molar-refractivity contribution in [2.75, 3.05) is 20.3 Å². The van der Waals surface area contributed by atoms with Crippen LogP contribution in [0.1, 0.15) is 53.4 Å². The van der Waals surface area contributed by atoms with E-state index in [1.807, 2.05) is 39.0 Å². The Hall–Kier alpha value is -1.10. The van der Waals surface area contributed by atoms with E-state index in [1.165, 1.54) is 5.56 Å². The second kappa shape index (κ2) is 10.6. The maximum atomic E-state index is 13.0. The van der Waals surface area contributed by atoms with Crippen molar-refractivity contribution in [3.8, 4) is 5.75 Å². The van der Waals surface area contributed by atoms with E-state index in [0.717, 1.165) is 33.3 Å².